The molecule has 3 heterocycles. The standard InChI is InChI=1S/C25H35FIN5O6S/c1-23(2,3)37-21(33)30-11-9-29(10-12-30)18-13-17(15-31-19(27)14-28-20(18)31)39(35,36)32(25(16-26)7-8-25)22(34)38-24(4,5)6/h13-15H,7-12,16H2,1-6H3. The monoisotopic (exact) mass is 679 g/mol. The fourth-order valence-corrected chi connectivity index (χ4v) is 6.53. The van der Waals surface area contributed by atoms with E-state index in [-0.39, 0.29) is 17.7 Å². The van der Waals surface area contributed by atoms with Gasteiger partial charge < -0.3 is 19.3 Å². The van der Waals surface area contributed by atoms with E-state index in [0.29, 0.717) is 45.5 Å². The van der Waals surface area contributed by atoms with E-state index in [9.17, 15) is 22.4 Å². The van der Waals surface area contributed by atoms with Gasteiger partial charge in [0, 0.05) is 32.4 Å². The van der Waals surface area contributed by atoms with Crippen molar-refractivity contribution in [3.63, 3.8) is 0 Å². The molecule has 1 saturated carbocycles. The first-order chi connectivity index (χ1) is 18.0. The molecule has 2 aromatic rings. The fraction of sp³-hybridized carbons (Fsp3) is 0.640. The predicted octanol–water partition coefficient (Wildman–Crippen LogP) is 4.42. The highest BCUT2D eigenvalue weighted by Crippen LogP contribution is 2.46. The molecular formula is C25H35FIN5O6S. The van der Waals surface area contributed by atoms with Crippen LogP contribution in [0.1, 0.15) is 54.4 Å². The summed E-state index contributed by atoms with van der Waals surface area (Å²) in [5.41, 5.74) is -2.00. The molecule has 11 nitrogen and oxygen atoms in total. The van der Waals surface area contributed by atoms with Crippen molar-refractivity contribution in [3.8, 4) is 0 Å². The summed E-state index contributed by atoms with van der Waals surface area (Å²) in [6.07, 6.45) is 1.92. The number of carbonyl (C=O) groups is 2. The molecule has 1 saturated heterocycles. The molecule has 2 aliphatic rings. The minimum atomic E-state index is -4.52. The van der Waals surface area contributed by atoms with Crippen molar-refractivity contribution < 1.29 is 31.9 Å². The lowest BCUT2D eigenvalue weighted by Crippen LogP contribution is -2.50. The van der Waals surface area contributed by atoms with Crippen LogP contribution < -0.4 is 4.90 Å². The van der Waals surface area contributed by atoms with Crippen LogP contribution in [0.25, 0.3) is 5.65 Å². The first kappa shape index (κ1) is 29.6. The van der Waals surface area contributed by atoms with Gasteiger partial charge in [-0.3, -0.25) is 4.40 Å². The SMILES string of the molecule is CC(C)(C)OC(=O)N1CCN(c2cc(S(=O)(=O)N(C(=O)OC(C)(C)C)C3(CF)CC3)cn3c(I)cnc23)CC1. The maximum absolute atomic E-state index is 14.2. The molecule has 1 aliphatic heterocycles. The molecule has 0 aromatic carbocycles. The molecule has 0 spiro atoms. The fourth-order valence-electron chi connectivity index (χ4n) is 4.34. The third-order valence-corrected chi connectivity index (χ3v) is 9.03. The zero-order valence-electron chi connectivity index (χ0n) is 23.0. The molecule has 2 amide bonds. The topological polar surface area (TPSA) is 114 Å². The molecule has 1 aliphatic carbocycles. The lowest BCUT2D eigenvalue weighted by atomic mass is 10.2. The summed E-state index contributed by atoms with van der Waals surface area (Å²) in [4.78, 5) is 33.5. The van der Waals surface area contributed by atoms with Gasteiger partial charge in [-0.1, -0.05) is 0 Å². The Morgan fingerprint density at radius 1 is 1.08 bits per heavy atom. The number of amides is 2. The number of hydrogen-bond acceptors (Lipinski definition) is 8. The highest BCUT2D eigenvalue weighted by molar-refractivity contribution is 14.1. The van der Waals surface area contributed by atoms with Gasteiger partial charge in [-0.25, -0.2) is 27.4 Å². The van der Waals surface area contributed by atoms with Crippen LogP contribution >= 0.6 is 22.6 Å². The first-order valence-corrected chi connectivity index (χ1v) is 15.2. The van der Waals surface area contributed by atoms with Crippen LogP contribution in [0.2, 0.25) is 0 Å². The van der Waals surface area contributed by atoms with Crippen molar-refractivity contribution in [1.29, 1.82) is 0 Å². The Balaban J connectivity index is 1.71. The van der Waals surface area contributed by atoms with E-state index < -0.39 is 45.6 Å². The zero-order chi connectivity index (χ0) is 29.0. The Kier molecular flexibility index (Phi) is 7.77. The van der Waals surface area contributed by atoms with Crippen molar-refractivity contribution in [2.75, 3.05) is 37.8 Å². The van der Waals surface area contributed by atoms with E-state index in [1.165, 1.54) is 12.3 Å². The molecule has 39 heavy (non-hydrogen) atoms. The Hall–Kier alpha value is -2.36. The molecular weight excluding hydrogens is 644 g/mol. The first-order valence-electron chi connectivity index (χ1n) is 12.7. The van der Waals surface area contributed by atoms with Crippen LogP contribution in [0.15, 0.2) is 23.4 Å². The van der Waals surface area contributed by atoms with E-state index >= 15 is 0 Å². The molecule has 0 radical (unpaired) electrons. The number of alkyl halides is 1. The maximum Gasteiger partial charge on any atom is 0.424 e. The number of imidazole rings is 1. The molecule has 2 aromatic heterocycles. The second kappa shape index (κ2) is 10.2. The number of nitrogens with zero attached hydrogens (tertiary/aromatic N) is 5. The summed E-state index contributed by atoms with van der Waals surface area (Å²) in [7, 11) is -4.52. The van der Waals surface area contributed by atoms with Crippen LogP contribution in [0.5, 0.6) is 0 Å². The second-order valence-electron chi connectivity index (χ2n) is 11.9. The number of piperazine rings is 1. The maximum atomic E-state index is 14.2. The number of pyridine rings is 1. The molecule has 0 bridgehead atoms. The lowest BCUT2D eigenvalue weighted by Gasteiger charge is -2.37. The highest BCUT2D eigenvalue weighted by Gasteiger charge is 2.57. The summed E-state index contributed by atoms with van der Waals surface area (Å²) in [6, 6.07) is 1.46. The highest BCUT2D eigenvalue weighted by atomic mass is 127. The van der Waals surface area contributed by atoms with Crippen molar-refractivity contribution in [1.82, 2.24) is 18.6 Å². The Morgan fingerprint density at radius 3 is 2.18 bits per heavy atom. The van der Waals surface area contributed by atoms with E-state index in [2.05, 4.69) is 4.98 Å². The number of hydrogen-bond donors (Lipinski definition) is 0. The van der Waals surface area contributed by atoms with Gasteiger partial charge in [-0.2, -0.15) is 4.31 Å². The van der Waals surface area contributed by atoms with Crippen LogP contribution in [-0.2, 0) is 19.5 Å². The third kappa shape index (κ3) is 6.20. The van der Waals surface area contributed by atoms with Gasteiger partial charge in [0.25, 0.3) is 10.0 Å². The molecule has 0 N–H and O–H groups in total. The van der Waals surface area contributed by atoms with Gasteiger partial charge in [0.1, 0.15) is 26.5 Å². The lowest BCUT2D eigenvalue weighted by molar-refractivity contribution is 0.0238. The number of anilines is 1. The number of aromatic nitrogens is 2. The van der Waals surface area contributed by atoms with Gasteiger partial charge >= 0.3 is 12.2 Å². The van der Waals surface area contributed by atoms with Crippen molar-refractivity contribution in [2.45, 2.75) is 76.0 Å². The summed E-state index contributed by atoms with van der Waals surface area (Å²) < 4.78 is 56.0. The second-order valence-corrected chi connectivity index (χ2v) is 14.8. The predicted molar refractivity (Wildman–Crippen MR) is 151 cm³/mol. The van der Waals surface area contributed by atoms with Gasteiger partial charge in [0.2, 0.25) is 0 Å². The van der Waals surface area contributed by atoms with Crippen LogP contribution in [0.3, 0.4) is 0 Å². The van der Waals surface area contributed by atoms with Gasteiger partial charge in [-0.05, 0) is 83.0 Å². The third-order valence-electron chi connectivity index (χ3n) is 6.39. The largest absolute Gasteiger partial charge is 0.444 e. The summed E-state index contributed by atoms with van der Waals surface area (Å²) in [5.74, 6) is 0. The smallest absolute Gasteiger partial charge is 0.424 e. The minimum absolute atomic E-state index is 0.180. The zero-order valence-corrected chi connectivity index (χ0v) is 26.0. The normalized spacial score (nSPS) is 17.7. The van der Waals surface area contributed by atoms with Crippen molar-refractivity contribution in [2.24, 2.45) is 0 Å². The van der Waals surface area contributed by atoms with E-state index in [0.717, 1.165) is 0 Å². The summed E-state index contributed by atoms with van der Waals surface area (Å²) in [5, 5.41) is 0. The molecule has 4 rings (SSSR count). The molecule has 0 atom stereocenters. The number of carbonyl (C=O) groups excluding carboxylic acids is 2. The average Bonchev–Trinajstić information content (AvgIpc) is 3.50. The van der Waals surface area contributed by atoms with Gasteiger partial charge in [-0.15, -0.1) is 0 Å². The Bertz CT molecular complexity index is 1370. The van der Waals surface area contributed by atoms with Gasteiger partial charge in [0.05, 0.1) is 17.4 Å². The number of sulfonamides is 1. The number of halogens is 2. The number of fused-ring (bicyclic) bond motifs is 1. The van der Waals surface area contributed by atoms with Crippen LogP contribution in [-0.4, -0.2) is 88.8 Å². The van der Waals surface area contributed by atoms with Crippen LogP contribution in [0.4, 0.5) is 19.7 Å². The molecule has 216 valence electrons. The average molecular weight is 680 g/mol. The van der Waals surface area contributed by atoms with Gasteiger partial charge in [0.15, 0.2) is 5.65 Å². The van der Waals surface area contributed by atoms with Crippen molar-refractivity contribution in [3.05, 3.63) is 22.2 Å². The Morgan fingerprint density at radius 2 is 1.67 bits per heavy atom. The van der Waals surface area contributed by atoms with E-state index in [4.69, 9.17) is 9.47 Å². The van der Waals surface area contributed by atoms with Crippen LogP contribution in [0, 0.1) is 3.70 Å². The minimum Gasteiger partial charge on any atom is -0.444 e. The van der Waals surface area contributed by atoms with Crippen molar-refractivity contribution >= 4 is 56.1 Å². The summed E-state index contributed by atoms with van der Waals surface area (Å²) >= 11 is 2.05. The Labute approximate surface area is 241 Å². The molecule has 2 fully saturated rings. The number of rotatable bonds is 5. The quantitative estimate of drug-likeness (QED) is 0.427. The van der Waals surface area contributed by atoms with E-state index in [1.54, 1.807) is 57.0 Å². The molecule has 14 heteroatoms. The summed E-state index contributed by atoms with van der Waals surface area (Å²) in [6.45, 7) is 10.8. The molecule has 0 unspecified atom stereocenters. The number of ether oxygens (including phenoxy) is 2. The van der Waals surface area contributed by atoms with E-state index in [1.807, 2.05) is 27.5 Å².